The van der Waals surface area contributed by atoms with Crippen molar-refractivity contribution in [2.75, 3.05) is 5.75 Å². The lowest BCUT2D eigenvalue weighted by Crippen LogP contribution is -2.45. The largest absolute Gasteiger partial charge is 0.480 e. The van der Waals surface area contributed by atoms with Gasteiger partial charge in [0.05, 0.1) is 6.42 Å². The van der Waals surface area contributed by atoms with Crippen LogP contribution in [0, 0.1) is 6.92 Å². The van der Waals surface area contributed by atoms with E-state index in [1.807, 2.05) is 0 Å². The van der Waals surface area contributed by atoms with Gasteiger partial charge in [-0.05, 0) is 18.1 Å². The van der Waals surface area contributed by atoms with Crippen molar-refractivity contribution in [2.24, 2.45) is 0 Å². The lowest BCUT2D eigenvalue weighted by molar-refractivity contribution is -0.141. The summed E-state index contributed by atoms with van der Waals surface area (Å²) in [5.74, 6) is -3.22. The lowest BCUT2D eigenvalue weighted by atomic mass is 10.1. The number of hydrogen-bond acceptors (Lipinski definition) is 4. The zero-order valence-electron chi connectivity index (χ0n) is 10.7. The van der Waals surface area contributed by atoms with Gasteiger partial charge in [0, 0.05) is 0 Å². The van der Waals surface area contributed by atoms with Crippen molar-refractivity contribution in [1.29, 1.82) is 0 Å². The second kappa shape index (κ2) is 6.49. The first kappa shape index (κ1) is 16.1. The van der Waals surface area contributed by atoms with Crippen molar-refractivity contribution < 1.29 is 27.7 Å². The third-order valence-corrected chi connectivity index (χ3v) is 3.38. The quantitative estimate of drug-likeness (QED) is 0.636. The Bertz CT molecular complexity index is 610. The number of carboxylic acids is 1. The second-order valence-electron chi connectivity index (χ2n) is 4.31. The Balaban J connectivity index is 2.73. The molecule has 1 aromatic carbocycles. The van der Waals surface area contributed by atoms with E-state index in [-0.39, 0.29) is 6.42 Å². The molecule has 0 aliphatic carbocycles. The molecule has 0 spiro atoms. The van der Waals surface area contributed by atoms with Gasteiger partial charge < -0.3 is 10.4 Å². The zero-order chi connectivity index (χ0) is 15.3. The van der Waals surface area contributed by atoms with Gasteiger partial charge in [-0.2, -0.15) is 8.42 Å². The van der Waals surface area contributed by atoms with Crippen LogP contribution in [0.15, 0.2) is 24.3 Å². The number of aryl methyl sites for hydroxylation is 1. The van der Waals surface area contributed by atoms with Crippen molar-refractivity contribution in [3.63, 3.8) is 0 Å². The molecule has 0 aliphatic rings. The van der Waals surface area contributed by atoms with Gasteiger partial charge in [0.1, 0.15) is 11.8 Å². The summed E-state index contributed by atoms with van der Waals surface area (Å²) in [4.78, 5) is 22.6. The number of carbonyl (C=O) groups excluding carboxylic acids is 1. The first-order chi connectivity index (χ1) is 9.19. The number of rotatable bonds is 6. The minimum Gasteiger partial charge on any atom is -0.480 e. The van der Waals surface area contributed by atoms with E-state index in [0.717, 1.165) is 5.56 Å². The normalized spacial score (nSPS) is 12.7. The van der Waals surface area contributed by atoms with Crippen LogP contribution < -0.4 is 5.32 Å². The van der Waals surface area contributed by atoms with Crippen LogP contribution >= 0.6 is 0 Å². The third kappa shape index (κ3) is 5.37. The molecule has 1 atom stereocenters. The molecule has 3 N–H and O–H groups in total. The molecule has 20 heavy (non-hydrogen) atoms. The lowest BCUT2D eigenvalue weighted by Gasteiger charge is -2.13. The Morgan fingerprint density at radius 1 is 1.30 bits per heavy atom. The molecule has 0 radical (unpaired) electrons. The topological polar surface area (TPSA) is 121 Å². The van der Waals surface area contributed by atoms with Crippen molar-refractivity contribution in [3.8, 4) is 0 Å². The number of aliphatic carboxylic acids is 1. The SMILES string of the molecule is Cc1ccccc1CC(=O)NC(CS(=O)(=O)O)C(=O)O. The first-order valence-electron chi connectivity index (χ1n) is 5.71. The van der Waals surface area contributed by atoms with Crippen molar-refractivity contribution in [3.05, 3.63) is 35.4 Å². The van der Waals surface area contributed by atoms with Crippen LogP contribution in [0.5, 0.6) is 0 Å². The van der Waals surface area contributed by atoms with Gasteiger partial charge in [0.25, 0.3) is 10.1 Å². The highest BCUT2D eigenvalue weighted by Crippen LogP contribution is 2.07. The molecular weight excluding hydrogens is 286 g/mol. The summed E-state index contributed by atoms with van der Waals surface area (Å²) in [6, 6.07) is 5.38. The molecule has 0 aromatic heterocycles. The predicted octanol–water partition coefficient (Wildman–Crippen LogP) is -0.00528. The molecule has 1 aromatic rings. The first-order valence-corrected chi connectivity index (χ1v) is 7.32. The van der Waals surface area contributed by atoms with Gasteiger partial charge in [0.15, 0.2) is 0 Å². The van der Waals surface area contributed by atoms with E-state index < -0.39 is 33.8 Å². The molecule has 1 rings (SSSR count). The van der Waals surface area contributed by atoms with Gasteiger partial charge in [0.2, 0.25) is 5.91 Å². The van der Waals surface area contributed by atoms with Gasteiger partial charge >= 0.3 is 5.97 Å². The maximum atomic E-state index is 11.7. The number of nitrogens with one attached hydrogen (secondary N) is 1. The fraction of sp³-hybridized carbons (Fsp3) is 0.333. The van der Waals surface area contributed by atoms with E-state index in [0.29, 0.717) is 5.56 Å². The molecule has 0 saturated heterocycles. The standard InChI is InChI=1S/C12H15NO6S/c1-8-4-2-3-5-9(8)6-11(14)13-10(12(15)16)7-20(17,18)19/h2-5,10H,6-7H2,1H3,(H,13,14)(H,15,16)(H,17,18,19). The monoisotopic (exact) mass is 301 g/mol. The van der Waals surface area contributed by atoms with E-state index in [1.165, 1.54) is 0 Å². The molecule has 0 fully saturated rings. The van der Waals surface area contributed by atoms with Crippen LogP contribution in [0.3, 0.4) is 0 Å². The van der Waals surface area contributed by atoms with E-state index in [1.54, 1.807) is 31.2 Å². The number of hydrogen-bond donors (Lipinski definition) is 3. The number of carboxylic acid groups (broad SMARTS) is 1. The molecule has 110 valence electrons. The summed E-state index contributed by atoms with van der Waals surface area (Å²) in [5, 5.41) is 10.9. The Kier molecular flexibility index (Phi) is 5.23. The smallest absolute Gasteiger partial charge is 0.327 e. The third-order valence-electron chi connectivity index (χ3n) is 2.62. The number of benzene rings is 1. The average Bonchev–Trinajstić information content (AvgIpc) is 2.29. The van der Waals surface area contributed by atoms with Crippen LogP contribution in [0.1, 0.15) is 11.1 Å². The van der Waals surface area contributed by atoms with Crippen LogP contribution in [0.4, 0.5) is 0 Å². The van der Waals surface area contributed by atoms with Gasteiger partial charge in [-0.15, -0.1) is 0 Å². The molecule has 8 heteroatoms. The fourth-order valence-corrected chi connectivity index (χ4v) is 2.26. The highest BCUT2D eigenvalue weighted by Gasteiger charge is 2.25. The van der Waals surface area contributed by atoms with Gasteiger partial charge in [-0.25, -0.2) is 4.79 Å². The van der Waals surface area contributed by atoms with Crippen LogP contribution in [-0.2, 0) is 26.1 Å². The highest BCUT2D eigenvalue weighted by atomic mass is 32.2. The van der Waals surface area contributed by atoms with Gasteiger partial charge in [-0.1, -0.05) is 24.3 Å². The Hall–Kier alpha value is -1.93. The second-order valence-corrected chi connectivity index (χ2v) is 5.81. The van der Waals surface area contributed by atoms with E-state index >= 15 is 0 Å². The van der Waals surface area contributed by atoms with E-state index in [4.69, 9.17) is 9.66 Å². The fourth-order valence-electron chi connectivity index (χ4n) is 1.61. The van der Waals surface area contributed by atoms with Crippen molar-refractivity contribution in [1.82, 2.24) is 5.32 Å². The Morgan fingerprint density at radius 3 is 2.40 bits per heavy atom. The van der Waals surface area contributed by atoms with E-state index in [2.05, 4.69) is 5.32 Å². The highest BCUT2D eigenvalue weighted by molar-refractivity contribution is 7.85. The maximum Gasteiger partial charge on any atom is 0.327 e. The average molecular weight is 301 g/mol. The molecule has 7 nitrogen and oxygen atoms in total. The molecule has 1 unspecified atom stereocenters. The summed E-state index contributed by atoms with van der Waals surface area (Å²) in [7, 11) is -4.49. The van der Waals surface area contributed by atoms with E-state index in [9.17, 15) is 18.0 Å². The zero-order valence-corrected chi connectivity index (χ0v) is 11.6. The molecule has 0 heterocycles. The predicted molar refractivity (Wildman–Crippen MR) is 70.9 cm³/mol. The van der Waals surface area contributed by atoms with Crippen LogP contribution in [-0.4, -0.2) is 41.7 Å². The molecule has 0 bridgehead atoms. The summed E-state index contributed by atoms with van der Waals surface area (Å²) in [5.41, 5.74) is 1.57. The van der Waals surface area contributed by atoms with Gasteiger partial charge in [-0.3, -0.25) is 9.35 Å². The minimum absolute atomic E-state index is 0.0675. The summed E-state index contributed by atoms with van der Waals surface area (Å²) in [6.45, 7) is 1.80. The Morgan fingerprint density at radius 2 is 1.90 bits per heavy atom. The van der Waals surface area contributed by atoms with Crippen molar-refractivity contribution in [2.45, 2.75) is 19.4 Å². The summed E-state index contributed by atoms with van der Waals surface area (Å²) < 4.78 is 30.0. The summed E-state index contributed by atoms with van der Waals surface area (Å²) in [6.07, 6.45) is -0.0675. The molecular formula is C12H15NO6S. The number of carbonyl (C=O) groups is 2. The Labute approximate surface area is 116 Å². The number of amides is 1. The minimum atomic E-state index is -4.49. The molecule has 0 aliphatic heterocycles. The summed E-state index contributed by atoms with van der Waals surface area (Å²) >= 11 is 0. The molecule has 1 amide bonds. The van der Waals surface area contributed by atoms with Crippen molar-refractivity contribution >= 4 is 22.0 Å². The van der Waals surface area contributed by atoms with Crippen LogP contribution in [0.2, 0.25) is 0 Å². The van der Waals surface area contributed by atoms with Crippen LogP contribution in [0.25, 0.3) is 0 Å². The molecule has 0 saturated carbocycles. The maximum absolute atomic E-state index is 11.7.